The summed E-state index contributed by atoms with van der Waals surface area (Å²) in [5, 5.41) is 20.7. The summed E-state index contributed by atoms with van der Waals surface area (Å²) in [6, 6.07) is 1.82. The monoisotopic (exact) mass is 168 g/mol. The number of nitrogens with two attached hydrogens (primary N) is 1. The molecule has 1 aromatic rings. The van der Waals surface area contributed by atoms with Gasteiger partial charge in [-0.1, -0.05) is 0 Å². The molecule has 1 atom stereocenters. The average molecular weight is 168 g/mol. The van der Waals surface area contributed by atoms with E-state index in [0.29, 0.717) is 0 Å². The molecule has 0 radical (unpaired) electrons. The minimum Gasteiger partial charge on any atom is -0.392 e. The lowest BCUT2D eigenvalue weighted by Crippen LogP contribution is -2.09. The molecule has 12 heavy (non-hydrogen) atoms. The molecule has 6 nitrogen and oxygen atoms in total. The van der Waals surface area contributed by atoms with E-state index in [1.54, 1.807) is 0 Å². The molecule has 1 aromatic heterocycles. The van der Waals surface area contributed by atoms with E-state index in [4.69, 9.17) is 16.1 Å². The Labute approximate surface area is 68.6 Å². The number of anilines is 1. The molecule has 1 rings (SSSR count). The van der Waals surface area contributed by atoms with Crippen molar-refractivity contribution in [3.05, 3.63) is 5.89 Å². The number of aliphatic hydroxyl groups excluding tert-OH is 1. The Morgan fingerprint density at radius 3 is 3.00 bits per heavy atom. The van der Waals surface area contributed by atoms with Crippen molar-refractivity contribution in [3.63, 3.8) is 0 Å². The van der Waals surface area contributed by atoms with Gasteiger partial charge in [-0.15, -0.1) is 0 Å². The smallest absolute Gasteiger partial charge is 0.260 e. The molecule has 3 N–H and O–H groups in total. The number of hydrogen-bond donors (Lipinski definition) is 2. The second-order valence-electron chi connectivity index (χ2n) is 2.27. The van der Waals surface area contributed by atoms with Crippen LogP contribution < -0.4 is 5.73 Å². The van der Waals surface area contributed by atoms with Crippen molar-refractivity contribution in [3.8, 4) is 6.07 Å². The average Bonchev–Trinajstić information content (AvgIpc) is 2.36. The third-order valence-corrected chi connectivity index (χ3v) is 1.22. The van der Waals surface area contributed by atoms with E-state index in [-0.39, 0.29) is 24.7 Å². The van der Waals surface area contributed by atoms with Crippen LogP contribution in [0.15, 0.2) is 4.52 Å². The number of hydrogen-bond acceptors (Lipinski definition) is 6. The van der Waals surface area contributed by atoms with Crippen LogP contribution in [0.25, 0.3) is 0 Å². The number of nitrogens with zero attached hydrogens (tertiary/aromatic N) is 3. The summed E-state index contributed by atoms with van der Waals surface area (Å²) in [5.74, 6) is 0.282. The zero-order valence-corrected chi connectivity index (χ0v) is 6.27. The van der Waals surface area contributed by atoms with Gasteiger partial charge in [-0.2, -0.15) is 10.2 Å². The predicted molar refractivity (Wildman–Crippen MR) is 38.7 cm³/mol. The Kier molecular flexibility index (Phi) is 2.61. The quantitative estimate of drug-likeness (QED) is 0.627. The highest BCUT2D eigenvalue weighted by Gasteiger charge is 2.10. The highest BCUT2D eigenvalue weighted by atomic mass is 16.5. The third-order valence-electron chi connectivity index (χ3n) is 1.22. The molecule has 0 saturated carbocycles. The molecule has 0 aliphatic heterocycles. The Hall–Kier alpha value is -1.61. The van der Waals surface area contributed by atoms with Gasteiger partial charge in [0.2, 0.25) is 5.89 Å². The zero-order chi connectivity index (χ0) is 8.97. The standard InChI is InChI=1S/C6H8N4O2/c7-2-1-4(11)3-5-9-6(8)10-12-5/h4,11H,1,3H2,(H2,8,10). The summed E-state index contributed by atoms with van der Waals surface area (Å²) in [4.78, 5) is 3.66. The van der Waals surface area contributed by atoms with Gasteiger partial charge in [0.1, 0.15) is 0 Å². The van der Waals surface area contributed by atoms with Crippen molar-refractivity contribution in [2.24, 2.45) is 0 Å². The van der Waals surface area contributed by atoms with Gasteiger partial charge in [0.05, 0.1) is 25.0 Å². The van der Waals surface area contributed by atoms with Crippen molar-refractivity contribution in [1.82, 2.24) is 10.1 Å². The third kappa shape index (κ3) is 2.21. The molecule has 6 heteroatoms. The number of rotatable bonds is 3. The molecule has 0 bridgehead atoms. The maximum Gasteiger partial charge on any atom is 0.260 e. The van der Waals surface area contributed by atoms with Crippen LogP contribution in [-0.4, -0.2) is 21.4 Å². The van der Waals surface area contributed by atoms with Gasteiger partial charge >= 0.3 is 0 Å². The van der Waals surface area contributed by atoms with E-state index in [2.05, 4.69) is 14.7 Å². The highest BCUT2D eigenvalue weighted by molar-refractivity contribution is 5.10. The van der Waals surface area contributed by atoms with Crippen molar-refractivity contribution in [2.75, 3.05) is 5.73 Å². The van der Waals surface area contributed by atoms with Gasteiger partial charge in [-0.05, 0) is 5.16 Å². The van der Waals surface area contributed by atoms with Crippen LogP contribution in [0.2, 0.25) is 0 Å². The molecule has 1 unspecified atom stereocenters. The first-order chi connectivity index (χ1) is 5.72. The van der Waals surface area contributed by atoms with Crippen molar-refractivity contribution in [1.29, 1.82) is 5.26 Å². The van der Waals surface area contributed by atoms with Crippen LogP contribution in [0.3, 0.4) is 0 Å². The summed E-state index contributed by atoms with van der Waals surface area (Å²) < 4.78 is 4.63. The fourth-order valence-electron chi connectivity index (χ4n) is 0.730. The Morgan fingerprint density at radius 2 is 2.50 bits per heavy atom. The first kappa shape index (κ1) is 8.49. The first-order valence-corrected chi connectivity index (χ1v) is 3.35. The van der Waals surface area contributed by atoms with Gasteiger partial charge in [0.25, 0.3) is 5.95 Å². The van der Waals surface area contributed by atoms with Gasteiger partial charge < -0.3 is 15.4 Å². The molecule has 64 valence electrons. The molecular formula is C6H8N4O2. The van der Waals surface area contributed by atoms with Crippen molar-refractivity contribution in [2.45, 2.75) is 18.9 Å². The Morgan fingerprint density at radius 1 is 1.75 bits per heavy atom. The lowest BCUT2D eigenvalue weighted by atomic mass is 10.2. The van der Waals surface area contributed by atoms with E-state index in [1.165, 1.54) is 0 Å². The van der Waals surface area contributed by atoms with Crippen molar-refractivity contribution < 1.29 is 9.63 Å². The summed E-state index contributed by atoms with van der Waals surface area (Å²) in [7, 11) is 0. The number of nitriles is 1. The van der Waals surface area contributed by atoms with Gasteiger partial charge in [-0.25, -0.2) is 0 Å². The number of aromatic nitrogens is 2. The van der Waals surface area contributed by atoms with Crippen LogP contribution in [0, 0.1) is 11.3 Å². The molecule has 0 saturated heterocycles. The topological polar surface area (TPSA) is 109 Å². The lowest BCUT2D eigenvalue weighted by molar-refractivity contribution is 0.167. The fourth-order valence-corrected chi connectivity index (χ4v) is 0.730. The molecule has 0 fully saturated rings. The fraction of sp³-hybridized carbons (Fsp3) is 0.500. The number of nitrogen functional groups attached to an aromatic ring is 1. The van der Waals surface area contributed by atoms with E-state index >= 15 is 0 Å². The number of aliphatic hydroxyl groups is 1. The molecular weight excluding hydrogens is 160 g/mol. The van der Waals surface area contributed by atoms with Crippen LogP contribution in [0.1, 0.15) is 12.3 Å². The zero-order valence-electron chi connectivity index (χ0n) is 6.27. The van der Waals surface area contributed by atoms with Crippen LogP contribution >= 0.6 is 0 Å². The Balaban J connectivity index is 2.47. The van der Waals surface area contributed by atoms with Gasteiger partial charge in [0.15, 0.2) is 0 Å². The van der Waals surface area contributed by atoms with E-state index in [0.717, 1.165) is 0 Å². The van der Waals surface area contributed by atoms with Crippen LogP contribution in [0.4, 0.5) is 5.95 Å². The predicted octanol–water partition coefficient (Wildman–Crippen LogP) is -0.531. The van der Waals surface area contributed by atoms with E-state index in [1.807, 2.05) is 6.07 Å². The maximum absolute atomic E-state index is 9.12. The summed E-state index contributed by atoms with van der Waals surface area (Å²) >= 11 is 0. The molecule has 0 aliphatic carbocycles. The van der Waals surface area contributed by atoms with E-state index < -0.39 is 6.10 Å². The SMILES string of the molecule is N#CCC(O)Cc1nc(N)no1. The van der Waals surface area contributed by atoms with Gasteiger partial charge in [-0.3, -0.25) is 0 Å². The van der Waals surface area contributed by atoms with Crippen LogP contribution in [-0.2, 0) is 6.42 Å². The summed E-state index contributed by atoms with van der Waals surface area (Å²) in [6.07, 6.45) is -0.560. The molecule has 0 spiro atoms. The minimum absolute atomic E-state index is 0.0363. The second kappa shape index (κ2) is 3.69. The van der Waals surface area contributed by atoms with E-state index in [9.17, 15) is 0 Å². The molecule has 0 amide bonds. The molecule has 1 heterocycles. The normalized spacial score (nSPS) is 12.3. The summed E-state index contributed by atoms with van der Waals surface area (Å²) in [5.41, 5.74) is 5.17. The van der Waals surface area contributed by atoms with Crippen molar-refractivity contribution >= 4 is 5.95 Å². The highest BCUT2D eigenvalue weighted by Crippen LogP contribution is 2.03. The van der Waals surface area contributed by atoms with Gasteiger partial charge in [0, 0.05) is 0 Å². The maximum atomic E-state index is 9.12. The Bertz CT molecular complexity index is 290. The summed E-state index contributed by atoms with van der Waals surface area (Å²) in [6.45, 7) is 0. The lowest BCUT2D eigenvalue weighted by Gasteiger charge is -1.99. The minimum atomic E-state index is -0.769. The largest absolute Gasteiger partial charge is 0.392 e. The molecule has 0 aromatic carbocycles. The van der Waals surface area contributed by atoms with Crippen LogP contribution in [0.5, 0.6) is 0 Å². The second-order valence-corrected chi connectivity index (χ2v) is 2.27. The first-order valence-electron chi connectivity index (χ1n) is 3.35. The molecule has 0 aliphatic rings.